The van der Waals surface area contributed by atoms with Crippen LogP contribution in [-0.2, 0) is 11.2 Å². The predicted octanol–water partition coefficient (Wildman–Crippen LogP) is 4.68. The number of benzene rings is 2. The van der Waals surface area contributed by atoms with Crippen LogP contribution in [0.25, 0.3) is 21.0 Å². The number of aromatic nitrogens is 1. The van der Waals surface area contributed by atoms with E-state index in [9.17, 15) is 10.4 Å². The van der Waals surface area contributed by atoms with Gasteiger partial charge in [-0.05, 0) is 61.6 Å². The van der Waals surface area contributed by atoms with Gasteiger partial charge in [-0.3, -0.25) is 0 Å². The van der Waals surface area contributed by atoms with Crippen LogP contribution in [-0.4, -0.2) is 36.1 Å². The summed E-state index contributed by atoms with van der Waals surface area (Å²) in [6.45, 7) is 4.29. The van der Waals surface area contributed by atoms with E-state index in [0.717, 1.165) is 28.3 Å². The Labute approximate surface area is 192 Å². The third-order valence-electron chi connectivity index (χ3n) is 5.56. The van der Waals surface area contributed by atoms with Crippen molar-refractivity contribution in [2.45, 2.75) is 45.1 Å². The topological polar surface area (TPSA) is 87.4 Å². The predicted molar refractivity (Wildman–Crippen MR) is 126 cm³/mol. The zero-order valence-corrected chi connectivity index (χ0v) is 19.3. The Bertz CT molecular complexity index is 1140. The molecule has 2 N–H and O–H groups in total. The van der Waals surface area contributed by atoms with Crippen LogP contribution >= 0.6 is 11.3 Å². The van der Waals surface area contributed by atoms with Gasteiger partial charge in [-0.2, -0.15) is 5.26 Å². The van der Waals surface area contributed by atoms with Crippen LogP contribution in [0.4, 0.5) is 0 Å². The van der Waals surface area contributed by atoms with Gasteiger partial charge in [0.15, 0.2) is 6.29 Å². The molecule has 1 unspecified atom stereocenters. The van der Waals surface area contributed by atoms with Gasteiger partial charge in [-0.1, -0.05) is 18.2 Å². The molecule has 4 rings (SSSR count). The fourth-order valence-corrected chi connectivity index (χ4v) is 5.03. The minimum absolute atomic E-state index is 0.00988. The fourth-order valence-electron chi connectivity index (χ4n) is 4.06. The van der Waals surface area contributed by atoms with Crippen LogP contribution in [0.1, 0.15) is 43.0 Å². The van der Waals surface area contributed by atoms with Crippen LogP contribution < -0.4 is 10.1 Å². The summed E-state index contributed by atoms with van der Waals surface area (Å²) in [6.07, 6.45) is 3.07. The molecule has 0 saturated carbocycles. The Morgan fingerprint density at radius 1 is 1.31 bits per heavy atom. The molecule has 0 fully saturated rings. The van der Waals surface area contributed by atoms with Crippen LogP contribution in [0.15, 0.2) is 42.6 Å². The minimum Gasteiger partial charge on any atom is -0.490 e. The maximum atomic E-state index is 9.69. The van der Waals surface area contributed by atoms with Crippen LogP contribution in [0, 0.1) is 11.3 Å². The first kappa shape index (κ1) is 22.4. The summed E-state index contributed by atoms with van der Waals surface area (Å²) in [5.74, 6) is 0.598. The minimum atomic E-state index is -0.804. The molecule has 1 heterocycles. The van der Waals surface area contributed by atoms with Crippen molar-refractivity contribution in [3.8, 4) is 32.8 Å². The number of nitriles is 1. The van der Waals surface area contributed by atoms with Crippen molar-refractivity contribution in [3.63, 3.8) is 0 Å². The monoisotopic (exact) mass is 449 g/mol. The zero-order chi connectivity index (χ0) is 22.7. The Hall–Kier alpha value is -2.76. The second kappa shape index (κ2) is 9.80. The highest BCUT2D eigenvalue weighted by Crippen LogP contribution is 2.41. The van der Waals surface area contributed by atoms with Crippen molar-refractivity contribution in [1.82, 2.24) is 10.3 Å². The normalized spacial score (nSPS) is 16.1. The van der Waals surface area contributed by atoms with E-state index in [0.29, 0.717) is 17.9 Å². The lowest BCUT2D eigenvalue weighted by Gasteiger charge is -2.17. The maximum Gasteiger partial charge on any atom is 0.166 e. The summed E-state index contributed by atoms with van der Waals surface area (Å²) < 4.78 is 10.7. The second-order valence-corrected chi connectivity index (χ2v) is 9.11. The number of thiazole rings is 1. The molecule has 32 heavy (non-hydrogen) atoms. The third-order valence-corrected chi connectivity index (χ3v) is 6.64. The number of nitrogens with one attached hydrogen (secondary N) is 1. The maximum absolute atomic E-state index is 9.69. The first-order valence-electron chi connectivity index (χ1n) is 10.7. The molecular formula is C25H27N3O3S. The Morgan fingerprint density at radius 3 is 2.91 bits per heavy atom. The lowest BCUT2D eigenvalue weighted by Crippen LogP contribution is -2.30. The number of nitrogens with zero attached hydrogens (tertiary/aromatic N) is 2. The molecule has 6 nitrogen and oxygen atoms in total. The van der Waals surface area contributed by atoms with Crippen LogP contribution in [0.5, 0.6) is 5.75 Å². The van der Waals surface area contributed by atoms with Crippen LogP contribution in [0.3, 0.4) is 0 Å². The van der Waals surface area contributed by atoms with Gasteiger partial charge in [-0.25, -0.2) is 4.98 Å². The number of ether oxygens (including phenoxy) is 2. The second-order valence-electron chi connectivity index (χ2n) is 8.08. The molecule has 2 atom stereocenters. The highest BCUT2D eigenvalue weighted by atomic mass is 32.1. The first-order chi connectivity index (χ1) is 15.5. The lowest BCUT2D eigenvalue weighted by atomic mass is 10.0. The van der Waals surface area contributed by atoms with Gasteiger partial charge >= 0.3 is 0 Å². The molecule has 0 radical (unpaired) electrons. The standard InChI is InChI=1S/C25H27N3O3S/c1-15(2)31-22-10-7-16(11-17(22)12-26)25-28-13-23(32-25)20-6-4-5-19-18(20)8-9-21(19)27-14-24(29)30-3/h4-7,10-11,13,15,21,24,27,29H,8-9,14H2,1-3H3/t21-,24?/m0/s1. The molecule has 2 aromatic carbocycles. The largest absolute Gasteiger partial charge is 0.490 e. The zero-order valence-electron chi connectivity index (χ0n) is 18.5. The van der Waals surface area contributed by atoms with E-state index in [4.69, 9.17) is 9.47 Å². The fraction of sp³-hybridized carbons (Fsp3) is 0.360. The number of hydrogen-bond acceptors (Lipinski definition) is 7. The van der Waals surface area contributed by atoms with E-state index < -0.39 is 6.29 Å². The molecule has 1 aliphatic carbocycles. The van der Waals surface area contributed by atoms with Gasteiger partial charge in [0.1, 0.15) is 16.8 Å². The summed E-state index contributed by atoms with van der Waals surface area (Å²) >= 11 is 1.63. The van der Waals surface area contributed by atoms with Gasteiger partial charge in [0.05, 0.1) is 16.5 Å². The van der Waals surface area contributed by atoms with Crippen molar-refractivity contribution in [2.24, 2.45) is 0 Å². The Balaban J connectivity index is 1.59. The average molecular weight is 450 g/mol. The molecular weight excluding hydrogens is 422 g/mol. The van der Waals surface area contributed by atoms with Crippen LogP contribution in [0.2, 0.25) is 0 Å². The van der Waals surface area contributed by atoms with Crippen molar-refractivity contribution in [2.75, 3.05) is 13.7 Å². The molecule has 0 spiro atoms. The van der Waals surface area contributed by atoms with Gasteiger partial charge in [0, 0.05) is 31.5 Å². The molecule has 1 aromatic heterocycles. The molecule has 166 valence electrons. The quantitative estimate of drug-likeness (QED) is 0.486. The molecule has 0 amide bonds. The number of rotatable bonds is 8. The number of hydrogen-bond donors (Lipinski definition) is 2. The summed E-state index contributed by atoms with van der Waals surface area (Å²) in [5, 5.41) is 23.5. The van der Waals surface area contributed by atoms with E-state index in [1.165, 1.54) is 23.8 Å². The van der Waals surface area contributed by atoms with Crippen molar-refractivity contribution < 1.29 is 14.6 Å². The molecule has 0 aliphatic heterocycles. The summed E-state index contributed by atoms with van der Waals surface area (Å²) in [7, 11) is 1.50. The van der Waals surface area contributed by atoms with E-state index >= 15 is 0 Å². The Morgan fingerprint density at radius 2 is 2.16 bits per heavy atom. The van der Waals surface area contributed by atoms with Gasteiger partial charge in [0.2, 0.25) is 0 Å². The molecule has 0 saturated heterocycles. The molecule has 7 heteroatoms. The smallest absolute Gasteiger partial charge is 0.166 e. The highest BCUT2D eigenvalue weighted by molar-refractivity contribution is 7.18. The first-order valence-corrected chi connectivity index (χ1v) is 11.5. The van der Waals surface area contributed by atoms with Gasteiger partial charge < -0.3 is 19.9 Å². The number of methoxy groups -OCH3 is 1. The SMILES string of the molecule is COC(O)CN[C@H]1CCc2c(-c3cnc(-c4ccc(OC(C)C)c(C#N)c4)s3)cccc21. The summed E-state index contributed by atoms with van der Waals surface area (Å²) in [5.41, 5.74) is 5.21. The average Bonchev–Trinajstić information content (AvgIpc) is 3.44. The summed E-state index contributed by atoms with van der Waals surface area (Å²) in [6, 6.07) is 14.4. The van der Waals surface area contributed by atoms with Crippen molar-refractivity contribution in [3.05, 3.63) is 59.3 Å². The van der Waals surface area contributed by atoms with E-state index in [1.807, 2.05) is 38.2 Å². The van der Waals surface area contributed by atoms with E-state index in [2.05, 4.69) is 34.6 Å². The summed E-state index contributed by atoms with van der Waals surface area (Å²) in [4.78, 5) is 5.75. The Kier molecular flexibility index (Phi) is 6.87. The highest BCUT2D eigenvalue weighted by Gasteiger charge is 2.26. The van der Waals surface area contributed by atoms with Gasteiger partial charge in [0.25, 0.3) is 0 Å². The van der Waals surface area contributed by atoms with Crippen molar-refractivity contribution >= 4 is 11.3 Å². The van der Waals surface area contributed by atoms with E-state index in [-0.39, 0.29) is 12.1 Å². The third kappa shape index (κ3) is 4.69. The van der Waals surface area contributed by atoms with E-state index in [1.54, 1.807) is 11.3 Å². The molecule has 1 aliphatic rings. The van der Waals surface area contributed by atoms with Crippen molar-refractivity contribution in [1.29, 1.82) is 5.26 Å². The molecule has 0 bridgehead atoms. The lowest BCUT2D eigenvalue weighted by molar-refractivity contribution is -0.0721. The van der Waals surface area contributed by atoms with Gasteiger partial charge in [-0.15, -0.1) is 11.3 Å². The molecule has 3 aromatic rings. The number of aliphatic hydroxyl groups is 1. The number of fused-ring (bicyclic) bond motifs is 1. The number of aliphatic hydroxyl groups excluding tert-OH is 1.